The van der Waals surface area contributed by atoms with Crippen LogP contribution in [0, 0.1) is 0 Å². The van der Waals surface area contributed by atoms with E-state index in [4.69, 9.17) is 32.7 Å². The SMILES string of the molecule is O=C(NC(=S)Nc1ccc2oc(-c3ccc(-c4ccccc4)cc3)nc2c1)c1ccc(-c2cccc(Cl)c2)o1. The van der Waals surface area contributed by atoms with E-state index in [1.807, 2.05) is 60.7 Å². The molecule has 6 nitrogen and oxygen atoms in total. The minimum atomic E-state index is -0.468. The third-order valence-corrected chi connectivity index (χ3v) is 6.49. The van der Waals surface area contributed by atoms with Crippen LogP contribution in [0.15, 0.2) is 118 Å². The molecule has 6 aromatic rings. The number of oxazole rings is 1. The average molecular weight is 550 g/mol. The summed E-state index contributed by atoms with van der Waals surface area (Å²) in [5, 5.41) is 6.36. The number of amides is 1. The first kappa shape index (κ1) is 24.6. The zero-order valence-corrected chi connectivity index (χ0v) is 21.9. The summed E-state index contributed by atoms with van der Waals surface area (Å²) in [4.78, 5) is 17.3. The topological polar surface area (TPSA) is 80.3 Å². The fourth-order valence-electron chi connectivity index (χ4n) is 4.15. The van der Waals surface area contributed by atoms with Crippen molar-refractivity contribution in [3.63, 3.8) is 0 Å². The van der Waals surface area contributed by atoms with Gasteiger partial charge in [-0.1, -0.05) is 66.2 Å². The highest BCUT2D eigenvalue weighted by atomic mass is 35.5. The Balaban J connectivity index is 1.12. The fourth-order valence-corrected chi connectivity index (χ4v) is 4.55. The van der Waals surface area contributed by atoms with E-state index in [2.05, 4.69) is 27.8 Å². The van der Waals surface area contributed by atoms with Crippen LogP contribution < -0.4 is 10.6 Å². The number of furan rings is 1. The second-order valence-corrected chi connectivity index (χ2v) is 9.57. The van der Waals surface area contributed by atoms with E-state index in [1.165, 1.54) is 0 Å². The average Bonchev–Trinajstić information content (AvgIpc) is 3.61. The van der Waals surface area contributed by atoms with Crippen molar-refractivity contribution in [3.05, 3.63) is 120 Å². The number of aromatic nitrogens is 1. The molecule has 0 aliphatic heterocycles. The van der Waals surface area contributed by atoms with E-state index in [1.54, 1.807) is 36.4 Å². The number of carbonyl (C=O) groups is 1. The van der Waals surface area contributed by atoms with E-state index in [-0.39, 0.29) is 10.9 Å². The molecule has 1 amide bonds. The van der Waals surface area contributed by atoms with Gasteiger partial charge < -0.3 is 14.2 Å². The first-order valence-corrected chi connectivity index (χ1v) is 12.8. The van der Waals surface area contributed by atoms with Crippen molar-refractivity contribution in [2.24, 2.45) is 0 Å². The van der Waals surface area contributed by atoms with Gasteiger partial charge in [0.1, 0.15) is 11.3 Å². The molecular weight excluding hydrogens is 530 g/mol. The Bertz CT molecular complexity index is 1810. The fraction of sp³-hybridized carbons (Fsp3) is 0. The van der Waals surface area contributed by atoms with Gasteiger partial charge in [0.2, 0.25) is 5.89 Å². The molecule has 2 N–H and O–H groups in total. The van der Waals surface area contributed by atoms with Crippen LogP contribution in [0.3, 0.4) is 0 Å². The highest BCUT2D eigenvalue weighted by molar-refractivity contribution is 7.80. The molecular formula is C31H20ClN3O3S. The van der Waals surface area contributed by atoms with Crippen molar-refractivity contribution in [2.75, 3.05) is 5.32 Å². The Morgan fingerprint density at radius 1 is 0.744 bits per heavy atom. The van der Waals surface area contributed by atoms with Gasteiger partial charge in [-0.25, -0.2) is 4.98 Å². The number of carbonyl (C=O) groups excluding carboxylic acids is 1. The third-order valence-electron chi connectivity index (χ3n) is 6.05. The minimum absolute atomic E-state index is 0.125. The summed E-state index contributed by atoms with van der Waals surface area (Å²) >= 11 is 11.4. The van der Waals surface area contributed by atoms with Gasteiger partial charge in [-0.15, -0.1) is 0 Å². The van der Waals surface area contributed by atoms with Crippen molar-refractivity contribution in [3.8, 4) is 33.9 Å². The van der Waals surface area contributed by atoms with E-state index in [0.717, 1.165) is 22.3 Å². The summed E-state index contributed by atoms with van der Waals surface area (Å²) in [5.74, 6) is 0.711. The zero-order chi connectivity index (χ0) is 26.8. The first-order chi connectivity index (χ1) is 19.0. The second-order valence-electron chi connectivity index (χ2n) is 8.73. The number of hydrogen-bond acceptors (Lipinski definition) is 5. The van der Waals surface area contributed by atoms with Crippen molar-refractivity contribution >= 4 is 51.6 Å². The van der Waals surface area contributed by atoms with Gasteiger partial charge in [0.25, 0.3) is 5.91 Å². The van der Waals surface area contributed by atoms with Gasteiger partial charge in [0.05, 0.1) is 0 Å². The number of halogens is 1. The molecule has 6 rings (SSSR count). The molecule has 0 atom stereocenters. The molecule has 0 bridgehead atoms. The molecule has 0 saturated heterocycles. The summed E-state index contributed by atoms with van der Waals surface area (Å²) in [7, 11) is 0. The normalized spacial score (nSPS) is 10.9. The highest BCUT2D eigenvalue weighted by Crippen LogP contribution is 2.29. The lowest BCUT2D eigenvalue weighted by Gasteiger charge is -2.08. The van der Waals surface area contributed by atoms with E-state index in [9.17, 15) is 4.79 Å². The summed E-state index contributed by atoms with van der Waals surface area (Å²) in [6, 6.07) is 34.2. The van der Waals surface area contributed by atoms with Crippen molar-refractivity contribution in [2.45, 2.75) is 0 Å². The summed E-state index contributed by atoms with van der Waals surface area (Å²) in [6.07, 6.45) is 0. The number of fused-ring (bicyclic) bond motifs is 1. The van der Waals surface area contributed by atoms with E-state index >= 15 is 0 Å². The molecule has 0 radical (unpaired) electrons. The molecule has 0 aliphatic rings. The van der Waals surface area contributed by atoms with Crippen LogP contribution in [-0.4, -0.2) is 16.0 Å². The van der Waals surface area contributed by atoms with Crippen molar-refractivity contribution < 1.29 is 13.6 Å². The summed E-state index contributed by atoms with van der Waals surface area (Å²) in [6.45, 7) is 0. The maximum absolute atomic E-state index is 12.7. The Labute approximate surface area is 234 Å². The molecule has 2 heterocycles. The minimum Gasteiger partial charge on any atom is -0.451 e. The van der Waals surface area contributed by atoms with Crippen molar-refractivity contribution in [1.82, 2.24) is 10.3 Å². The van der Waals surface area contributed by atoms with Crippen LogP contribution in [0.4, 0.5) is 5.69 Å². The number of thiocarbonyl (C=S) groups is 1. The first-order valence-electron chi connectivity index (χ1n) is 12.1. The Hall–Kier alpha value is -4.72. The Morgan fingerprint density at radius 2 is 1.49 bits per heavy atom. The standard InChI is InChI=1S/C31H20ClN3O3S/c32-23-8-4-7-22(17-23)26-15-16-28(37-26)29(36)35-31(39)33-24-13-14-27-25(18-24)34-30(38-27)21-11-9-20(10-12-21)19-5-2-1-3-6-19/h1-18H,(H2,33,35,36,39). The molecule has 0 saturated carbocycles. The predicted molar refractivity (Wildman–Crippen MR) is 158 cm³/mol. The number of anilines is 1. The molecule has 0 fully saturated rings. The summed E-state index contributed by atoms with van der Waals surface area (Å²) in [5.41, 5.74) is 5.87. The quantitative estimate of drug-likeness (QED) is 0.211. The maximum atomic E-state index is 12.7. The highest BCUT2D eigenvalue weighted by Gasteiger charge is 2.15. The largest absolute Gasteiger partial charge is 0.451 e. The lowest BCUT2D eigenvalue weighted by molar-refractivity contribution is 0.0951. The Kier molecular flexibility index (Phi) is 6.67. The van der Waals surface area contributed by atoms with Gasteiger partial charge in [0, 0.05) is 21.8 Å². The van der Waals surface area contributed by atoms with Crippen LogP contribution >= 0.6 is 23.8 Å². The number of rotatable bonds is 5. The lowest BCUT2D eigenvalue weighted by Crippen LogP contribution is -2.33. The van der Waals surface area contributed by atoms with Crippen LogP contribution in [-0.2, 0) is 0 Å². The van der Waals surface area contributed by atoms with Crippen LogP contribution in [0.5, 0.6) is 0 Å². The molecule has 0 spiro atoms. The van der Waals surface area contributed by atoms with Crippen LogP contribution in [0.25, 0.3) is 45.0 Å². The van der Waals surface area contributed by atoms with E-state index < -0.39 is 5.91 Å². The number of nitrogens with zero attached hydrogens (tertiary/aromatic N) is 1. The number of nitrogens with one attached hydrogen (secondary N) is 2. The molecule has 2 aromatic heterocycles. The molecule has 4 aromatic carbocycles. The number of benzene rings is 4. The zero-order valence-electron chi connectivity index (χ0n) is 20.4. The maximum Gasteiger partial charge on any atom is 0.293 e. The number of hydrogen-bond donors (Lipinski definition) is 2. The van der Waals surface area contributed by atoms with Crippen molar-refractivity contribution in [1.29, 1.82) is 0 Å². The molecule has 0 unspecified atom stereocenters. The molecule has 0 aliphatic carbocycles. The Morgan fingerprint density at radius 3 is 2.28 bits per heavy atom. The molecule has 8 heteroatoms. The molecule has 39 heavy (non-hydrogen) atoms. The van der Waals surface area contributed by atoms with Gasteiger partial charge in [0.15, 0.2) is 16.5 Å². The molecule has 190 valence electrons. The summed E-state index contributed by atoms with van der Waals surface area (Å²) < 4.78 is 11.7. The smallest absolute Gasteiger partial charge is 0.293 e. The van der Waals surface area contributed by atoms with Crippen LogP contribution in [0.1, 0.15) is 10.6 Å². The van der Waals surface area contributed by atoms with Gasteiger partial charge in [-0.2, -0.15) is 0 Å². The third kappa shape index (κ3) is 5.45. The van der Waals surface area contributed by atoms with Gasteiger partial charge in [-0.3, -0.25) is 10.1 Å². The van der Waals surface area contributed by atoms with E-state index in [0.29, 0.717) is 33.5 Å². The van der Waals surface area contributed by atoms with Gasteiger partial charge in [-0.05, 0) is 77.9 Å². The van der Waals surface area contributed by atoms with Crippen LogP contribution in [0.2, 0.25) is 5.02 Å². The van der Waals surface area contributed by atoms with Gasteiger partial charge >= 0.3 is 0 Å². The predicted octanol–water partition coefficient (Wildman–Crippen LogP) is 8.20. The second kappa shape index (κ2) is 10.6. The monoisotopic (exact) mass is 549 g/mol. The lowest BCUT2D eigenvalue weighted by atomic mass is 10.0.